The number of benzene rings is 2. The monoisotopic (exact) mass is 462 g/mol. The molecule has 34 heavy (non-hydrogen) atoms. The first-order valence-electron chi connectivity index (χ1n) is 11.9. The van der Waals surface area contributed by atoms with Crippen molar-refractivity contribution in [3.8, 4) is 17.2 Å². The summed E-state index contributed by atoms with van der Waals surface area (Å²) in [5.74, 6) is 1.87. The fourth-order valence-electron chi connectivity index (χ4n) is 4.85. The minimum absolute atomic E-state index is 0.0460. The van der Waals surface area contributed by atoms with Crippen molar-refractivity contribution in [1.29, 1.82) is 0 Å². The first kappa shape index (κ1) is 23.7. The maximum atomic E-state index is 14.0. The summed E-state index contributed by atoms with van der Waals surface area (Å²) in [6, 6.07) is 17.9. The molecule has 4 rings (SSSR count). The van der Waals surface area contributed by atoms with Crippen molar-refractivity contribution in [2.45, 2.75) is 51.2 Å². The molecule has 0 N–H and O–H groups in total. The Morgan fingerprint density at radius 3 is 2.29 bits per heavy atom. The molecule has 0 saturated heterocycles. The highest BCUT2D eigenvalue weighted by Crippen LogP contribution is 2.33. The molecule has 0 unspecified atom stereocenters. The molecular weight excluding hydrogens is 428 g/mol. The molecule has 0 atom stereocenters. The lowest BCUT2D eigenvalue weighted by Gasteiger charge is -2.35. The van der Waals surface area contributed by atoms with Crippen LogP contribution in [0.3, 0.4) is 0 Å². The highest BCUT2D eigenvalue weighted by Gasteiger charge is 2.31. The molecule has 1 aliphatic rings. The summed E-state index contributed by atoms with van der Waals surface area (Å²) in [7, 11) is 4.87. The molecule has 1 aliphatic carbocycles. The average molecular weight is 463 g/mol. The van der Waals surface area contributed by atoms with Gasteiger partial charge in [-0.3, -0.25) is 4.79 Å². The second-order valence-corrected chi connectivity index (χ2v) is 8.74. The van der Waals surface area contributed by atoms with Crippen molar-refractivity contribution in [3.05, 3.63) is 77.6 Å². The van der Waals surface area contributed by atoms with Gasteiger partial charge in [0.25, 0.3) is 5.91 Å². The summed E-state index contributed by atoms with van der Waals surface area (Å²) < 4.78 is 18.7. The third-order valence-electron chi connectivity index (χ3n) is 6.66. The molecule has 2 aromatic carbocycles. The molecule has 3 aromatic rings. The first-order valence-corrected chi connectivity index (χ1v) is 11.9. The van der Waals surface area contributed by atoms with Crippen LogP contribution in [0.2, 0.25) is 0 Å². The van der Waals surface area contributed by atoms with Gasteiger partial charge >= 0.3 is 0 Å². The van der Waals surface area contributed by atoms with E-state index in [1.54, 1.807) is 21.3 Å². The molecule has 6 heteroatoms. The van der Waals surface area contributed by atoms with Gasteiger partial charge in [-0.1, -0.05) is 37.5 Å². The zero-order valence-electron chi connectivity index (χ0n) is 20.3. The number of rotatable bonds is 9. The van der Waals surface area contributed by atoms with Crippen molar-refractivity contribution >= 4 is 5.91 Å². The minimum Gasteiger partial charge on any atom is -0.497 e. The number of amides is 1. The van der Waals surface area contributed by atoms with Gasteiger partial charge in [-0.2, -0.15) is 0 Å². The second kappa shape index (κ2) is 11.1. The normalized spacial score (nSPS) is 14.0. The highest BCUT2D eigenvalue weighted by molar-refractivity contribution is 6.00. The summed E-state index contributed by atoms with van der Waals surface area (Å²) in [4.78, 5) is 16.0. The number of nitrogens with zero attached hydrogens (tertiary/aromatic N) is 2. The Hall–Kier alpha value is -3.41. The van der Waals surface area contributed by atoms with Crippen LogP contribution in [0.1, 0.15) is 53.7 Å². The average Bonchev–Trinajstić information content (AvgIpc) is 3.33. The SMILES string of the molecule is COc1cccc(Cn2cccc2CN(C(=O)c2c(OC)cccc2OC)C2CCCCC2)c1. The largest absolute Gasteiger partial charge is 0.497 e. The Bertz CT molecular complexity index is 1080. The van der Waals surface area contributed by atoms with Crippen LogP contribution in [-0.2, 0) is 13.1 Å². The fourth-order valence-corrected chi connectivity index (χ4v) is 4.85. The van der Waals surface area contributed by atoms with Gasteiger partial charge in [0.05, 0.1) is 27.9 Å². The van der Waals surface area contributed by atoms with E-state index in [0.717, 1.165) is 42.7 Å². The molecule has 1 amide bonds. The van der Waals surface area contributed by atoms with Crippen molar-refractivity contribution in [3.63, 3.8) is 0 Å². The lowest BCUT2D eigenvalue weighted by molar-refractivity contribution is 0.0602. The van der Waals surface area contributed by atoms with Crippen LogP contribution in [0.5, 0.6) is 17.2 Å². The number of carbonyl (C=O) groups excluding carboxylic acids is 1. The van der Waals surface area contributed by atoms with Crippen molar-refractivity contribution in [2.75, 3.05) is 21.3 Å². The first-order chi connectivity index (χ1) is 16.6. The van der Waals surface area contributed by atoms with E-state index in [4.69, 9.17) is 14.2 Å². The molecule has 1 heterocycles. The quantitative estimate of drug-likeness (QED) is 0.419. The Morgan fingerprint density at radius 2 is 1.62 bits per heavy atom. The van der Waals surface area contributed by atoms with Gasteiger partial charge in [-0.05, 0) is 54.8 Å². The fraction of sp³-hybridized carbons (Fsp3) is 0.393. The summed E-state index contributed by atoms with van der Waals surface area (Å²) in [6.07, 6.45) is 7.61. The molecule has 1 aromatic heterocycles. The number of hydrogen-bond donors (Lipinski definition) is 0. The standard InChI is InChI=1S/C28H34N2O4/c1-32-24-14-7-10-21(18-24)19-29-17-9-13-23(29)20-30(22-11-5-4-6-12-22)28(31)27-25(33-2)15-8-16-26(27)34-3/h7-10,13-18,22H,4-6,11-12,19-20H2,1-3H3. The Morgan fingerprint density at radius 1 is 0.912 bits per heavy atom. The summed E-state index contributed by atoms with van der Waals surface area (Å²) in [5, 5.41) is 0. The number of hydrogen-bond acceptors (Lipinski definition) is 4. The molecule has 0 aliphatic heterocycles. The van der Waals surface area contributed by atoms with Crippen LogP contribution in [-0.4, -0.2) is 42.7 Å². The van der Waals surface area contributed by atoms with Crippen LogP contribution >= 0.6 is 0 Å². The van der Waals surface area contributed by atoms with Gasteiger partial charge in [-0.15, -0.1) is 0 Å². The summed E-state index contributed by atoms with van der Waals surface area (Å²) in [5.41, 5.74) is 2.73. The predicted molar refractivity (Wildman–Crippen MR) is 133 cm³/mol. The van der Waals surface area contributed by atoms with Crippen molar-refractivity contribution in [2.24, 2.45) is 0 Å². The second-order valence-electron chi connectivity index (χ2n) is 8.74. The summed E-state index contributed by atoms with van der Waals surface area (Å²) in [6.45, 7) is 1.24. The van der Waals surface area contributed by atoms with E-state index in [2.05, 4.69) is 22.9 Å². The summed E-state index contributed by atoms with van der Waals surface area (Å²) >= 11 is 0. The molecule has 0 bridgehead atoms. The smallest absolute Gasteiger partial charge is 0.262 e. The van der Waals surface area contributed by atoms with Gasteiger partial charge in [0.1, 0.15) is 22.8 Å². The molecule has 0 radical (unpaired) electrons. The Labute approximate surface area is 202 Å². The number of methoxy groups -OCH3 is 3. The van der Waals surface area contributed by atoms with Crippen molar-refractivity contribution in [1.82, 2.24) is 9.47 Å². The van der Waals surface area contributed by atoms with Crippen LogP contribution in [0.4, 0.5) is 0 Å². The highest BCUT2D eigenvalue weighted by atomic mass is 16.5. The lowest BCUT2D eigenvalue weighted by Crippen LogP contribution is -2.41. The topological polar surface area (TPSA) is 52.9 Å². The zero-order valence-corrected chi connectivity index (χ0v) is 20.3. The van der Waals surface area contributed by atoms with Crippen LogP contribution < -0.4 is 14.2 Å². The third kappa shape index (κ3) is 5.22. The van der Waals surface area contributed by atoms with E-state index >= 15 is 0 Å². The maximum absolute atomic E-state index is 14.0. The lowest BCUT2D eigenvalue weighted by atomic mass is 9.93. The predicted octanol–water partition coefficient (Wildman–Crippen LogP) is 5.54. The molecule has 0 spiro atoms. The van der Waals surface area contributed by atoms with Gasteiger partial charge in [-0.25, -0.2) is 0 Å². The third-order valence-corrected chi connectivity index (χ3v) is 6.66. The Balaban J connectivity index is 1.65. The van der Waals surface area contributed by atoms with Crippen molar-refractivity contribution < 1.29 is 19.0 Å². The van der Waals surface area contributed by atoms with Crippen LogP contribution in [0.15, 0.2) is 60.8 Å². The Kier molecular flexibility index (Phi) is 7.78. The zero-order chi connectivity index (χ0) is 23.9. The van der Waals surface area contributed by atoms with Gasteiger partial charge in [0, 0.05) is 24.5 Å². The number of ether oxygens (including phenoxy) is 3. The molecular formula is C28H34N2O4. The minimum atomic E-state index is -0.0460. The van der Waals surface area contributed by atoms with Gasteiger partial charge < -0.3 is 23.7 Å². The van der Waals surface area contributed by atoms with E-state index in [1.807, 2.05) is 47.4 Å². The van der Waals surface area contributed by atoms with Crippen LogP contribution in [0.25, 0.3) is 0 Å². The van der Waals surface area contributed by atoms with Crippen LogP contribution in [0, 0.1) is 0 Å². The molecule has 180 valence electrons. The van der Waals surface area contributed by atoms with E-state index in [9.17, 15) is 4.79 Å². The molecule has 1 fully saturated rings. The van der Waals surface area contributed by atoms with E-state index in [-0.39, 0.29) is 11.9 Å². The number of aromatic nitrogens is 1. The maximum Gasteiger partial charge on any atom is 0.262 e. The van der Waals surface area contributed by atoms with E-state index in [1.165, 1.54) is 6.42 Å². The van der Waals surface area contributed by atoms with Gasteiger partial charge in [0.15, 0.2) is 0 Å². The van der Waals surface area contributed by atoms with E-state index in [0.29, 0.717) is 30.2 Å². The van der Waals surface area contributed by atoms with Gasteiger partial charge in [0.2, 0.25) is 0 Å². The van der Waals surface area contributed by atoms with E-state index < -0.39 is 0 Å². The molecule has 6 nitrogen and oxygen atoms in total. The molecule has 1 saturated carbocycles. The number of carbonyl (C=O) groups is 1.